The highest BCUT2D eigenvalue weighted by molar-refractivity contribution is 7.80. The van der Waals surface area contributed by atoms with E-state index in [1.54, 1.807) is 6.08 Å². The van der Waals surface area contributed by atoms with E-state index in [1.165, 1.54) is 24.9 Å². The number of nitrogens with zero attached hydrogens (tertiary/aromatic N) is 5. The lowest BCUT2D eigenvalue weighted by molar-refractivity contribution is 0.573. The SMILES string of the molecule is C=CCNC(=S)Nc1nc(N2CCCCC2)cc(N2CCN(c3ccccc3)CC2)n1. The predicted octanol–water partition coefficient (Wildman–Crippen LogP) is 3.27. The van der Waals surface area contributed by atoms with Gasteiger partial charge in [-0.25, -0.2) is 0 Å². The van der Waals surface area contributed by atoms with Gasteiger partial charge in [-0.15, -0.1) is 6.58 Å². The van der Waals surface area contributed by atoms with Gasteiger partial charge < -0.3 is 25.3 Å². The summed E-state index contributed by atoms with van der Waals surface area (Å²) >= 11 is 5.39. The minimum absolute atomic E-state index is 0.510. The molecule has 1 aromatic carbocycles. The van der Waals surface area contributed by atoms with Crippen LogP contribution in [-0.4, -0.2) is 60.9 Å². The zero-order chi connectivity index (χ0) is 21.5. The van der Waals surface area contributed by atoms with E-state index in [0.29, 0.717) is 17.6 Å². The Balaban J connectivity index is 1.50. The first-order chi connectivity index (χ1) is 15.2. The van der Waals surface area contributed by atoms with Crippen molar-refractivity contribution in [3.05, 3.63) is 49.1 Å². The average molecular weight is 438 g/mol. The first-order valence-corrected chi connectivity index (χ1v) is 11.5. The Morgan fingerprint density at radius 1 is 0.903 bits per heavy atom. The van der Waals surface area contributed by atoms with Crippen molar-refractivity contribution in [3.63, 3.8) is 0 Å². The third kappa shape index (κ3) is 5.64. The maximum Gasteiger partial charge on any atom is 0.232 e. The molecule has 8 heteroatoms. The van der Waals surface area contributed by atoms with Crippen molar-refractivity contribution in [3.8, 4) is 0 Å². The molecule has 164 valence electrons. The van der Waals surface area contributed by atoms with Crippen molar-refractivity contribution in [2.45, 2.75) is 19.3 Å². The van der Waals surface area contributed by atoms with Crippen molar-refractivity contribution >= 4 is 40.6 Å². The van der Waals surface area contributed by atoms with Crippen LogP contribution in [0.15, 0.2) is 49.1 Å². The van der Waals surface area contributed by atoms with Crippen LogP contribution in [0.1, 0.15) is 19.3 Å². The van der Waals surface area contributed by atoms with Gasteiger partial charge in [0.15, 0.2) is 5.11 Å². The molecule has 0 atom stereocenters. The Morgan fingerprint density at radius 2 is 1.52 bits per heavy atom. The Bertz CT molecular complexity index is 875. The van der Waals surface area contributed by atoms with Crippen molar-refractivity contribution in [2.75, 3.05) is 65.8 Å². The van der Waals surface area contributed by atoms with Crippen LogP contribution in [0.25, 0.3) is 0 Å². The lowest BCUT2D eigenvalue weighted by Crippen LogP contribution is -2.47. The fraction of sp³-hybridized carbons (Fsp3) is 0.435. The molecule has 0 aliphatic carbocycles. The van der Waals surface area contributed by atoms with E-state index >= 15 is 0 Å². The highest BCUT2D eigenvalue weighted by Gasteiger charge is 2.21. The first kappa shape index (κ1) is 21.4. The number of thiocarbonyl (C=S) groups is 1. The molecule has 0 unspecified atom stereocenters. The molecule has 3 heterocycles. The lowest BCUT2D eigenvalue weighted by Gasteiger charge is -2.37. The molecule has 4 rings (SSSR count). The van der Waals surface area contributed by atoms with Gasteiger partial charge in [-0.1, -0.05) is 24.3 Å². The molecule has 0 amide bonds. The molecule has 2 N–H and O–H groups in total. The fourth-order valence-corrected chi connectivity index (χ4v) is 4.24. The van der Waals surface area contributed by atoms with E-state index in [9.17, 15) is 0 Å². The molecule has 1 aromatic heterocycles. The van der Waals surface area contributed by atoms with Crippen molar-refractivity contribution in [1.82, 2.24) is 15.3 Å². The van der Waals surface area contributed by atoms with Crippen molar-refractivity contribution < 1.29 is 0 Å². The Kier molecular flexibility index (Phi) is 7.19. The van der Waals surface area contributed by atoms with E-state index in [1.807, 2.05) is 0 Å². The van der Waals surface area contributed by atoms with Crippen LogP contribution in [0.4, 0.5) is 23.3 Å². The number of hydrogen-bond acceptors (Lipinski definition) is 6. The molecule has 0 bridgehead atoms. The summed E-state index contributed by atoms with van der Waals surface area (Å²) in [4.78, 5) is 16.7. The minimum Gasteiger partial charge on any atom is -0.368 e. The topological polar surface area (TPSA) is 59.6 Å². The molecule has 31 heavy (non-hydrogen) atoms. The first-order valence-electron chi connectivity index (χ1n) is 11.1. The Labute approximate surface area is 190 Å². The highest BCUT2D eigenvalue weighted by Crippen LogP contribution is 2.25. The third-order valence-electron chi connectivity index (χ3n) is 5.74. The van der Waals surface area contributed by atoms with Crippen LogP contribution in [0.3, 0.4) is 0 Å². The van der Waals surface area contributed by atoms with E-state index in [-0.39, 0.29) is 0 Å². The van der Waals surface area contributed by atoms with Crippen molar-refractivity contribution in [1.29, 1.82) is 0 Å². The molecule has 0 saturated carbocycles. The largest absolute Gasteiger partial charge is 0.368 e. The maximum atomic E-state index is 5.39. The summed E-state index contributed by atoms with van der Waals surface area (Å²) < 4.78 is 0. The molecule has 7 nitrogen and oxygen atoms in total. The molecule has 2 aliphatic heterocycles. The Morgan fingerprint density at radius 3 is 2.16 bits per heavy atom. The van der Waals surface area contributed by atoms with Crippen LogP contribution in [0, 0.1) is 0 Å². The number of aromatic nitrogens is 2. The second-order valence-corrected chi connectivity index (χ2v) is 8.30. The number of hydrogen-bond donors (Lipinski definition) is 2. The van der Waals surface area contributed by atoms with Gasteiger partial charge in [0.2, 0.25) is 5.95 Å². The fourth-order valence-electron chi connectivity index (χ4n) is 4.07. The van der Waals surface area contributed by atoms with Crippen LogP contribution < -0.4 is 25.3 Å². The van der Waals surface area contributed by atoms with Crippen molar-refractivity contribution in [2.24, 2.45) is 0 Å². The number of nitrogens with one attached hydrogen (secondary N) is 2. The van der Waals surface area contributed by atoms with Gasteiger partial charge in [0.1, 0.15) is 11.6 Å². The minimum atomic E-state index is 0.510. The number of rotatable bonds is 6. The summed E-state index contributed by atoms with van der Waals surface area (Å²) in [6.45, 7) is 10.2. The summed E-state index contributed by atoms with van der Waals surface area (Å²) in [6.07, 6.45) is 5.47. The van der Waals surface area contributed by atoms with Gasteiger partial charge in [0.25, 0.3) is 0 Å². The van der Waals surface area contributed by atoms with E-state index < -0.39 is 0 Å². The summed E-state index contributed by atoms with van der Waals surface area (Å²) in [7, 11) is 0. The van der Waals surface area contributed by atoms with Crippen LogP contribution in [0.5, 0.6) is 0 Å². The summed E-state index contributed by atoms with van der Waals surface area (Å²) in [6, 6.07) is 12.7. The number of benzene rings is 1. The number of piperidine rings is 1. The zero-order valence-corrected chi connectivity index (χ0v) is 18.8. The standard InChI is InChI=1S/C23H31N7S/c1-2-11-24-23(31)27-22-25-20(29-12-7-4-8-13-29)18-21(26-22)30-16-14-28(15-17-30)19-9-5-3-6-10-19/h2-3,5-6,9-10,18H,1,4,7-8,11-17H2,(H2,24,25,26,27,31). The molecular weight excluding hydrogens is 406 g/mol. The Hall–Kier alpha value is -2.87. The highest BCUT2D eigenvalue weighted by atomic mass is 32.1. The maximum absolute atomic E-state index is 5.39. The second kappa shape index (κ2) is 10.4. The monoisotopic (exact) mass is 437 g/mol. The lowest BCUT2D eigenvalue weighted by atomic mass is 10.1. The predicted molar refractivity (Wildman–Crippen MR) is 133 cm³/mol. The number of para-hydroxylation sites is 1. The molecule has 2 aromatic rings. The molecule has 2 saturated heterocycles. The smallest absolute Gasteiger partial charge is 0.232 e. The summed E-state index contributed by atoms with van der Waals surface area (Å²) in [5.41, 5.74) is 1.28. The van der Waals surface area contributed by atoms with Gasteiger partial charge >= 0.3 is 0 Å². The van der Waals surface area contributed by atoms with E-state index in [0.717, 1.165) is 50.9 Å². The van der Waals surface area contributed by atoms with Crippen LogP contribution in [-0.2, 0) is 0 Å². The van der Waals surface area contributed by atoms with Gasteiger partial charge in [0, 0.05) is 57.6 Å². The van der Waals surface area contributed by atoms with E-state index in [4.69, 9.17) is 22.2 Å². The third-order valence-corrected chi connectivity index (χ3v) is 5.98. The molecular formula is C23H31N7S. The molecule has 2 aliphatic rings. The second-order valence-electron chi connectivity index (χ2n) is 7.89. The molecule has 0 spiro atoms. The van der Waals surface area contributed by atoms with Crippen LogP contribution >= 0.6 is 12.2 Å². The summed E-state index contributed by atoms with van der Waals surface area (Å²) in [5, 5.41) is 6.76. The zero-order valence-electron chi connectivity index (χ0n) is 18.0. The van der Waals surface area contributed by atoms with E-state index in [2.05, 4.69) is 68.3 Å². The van der Waals surface area contributed by atoms with Gasteiger partial charge in [-0.05, 0) is 43.6 Å². The van der Waals surface area contributed by atoms with Gasteiger partial charge in [-0.3, -0.25) is 0 Å². The quantitative estimate of drug-likeness (QED) is 0.528. The normalized spacial score (nSPS) is 16.7. The van der Waals surface area contributed by atoms with Gasteiger partial charge in [-0.2, -0.15) is 9.97 Å². The number of piperazine rings is 1. The van der Waals surface area contributed by atoms with Crippen LogP contribution in [0.2, 0.25) is 0 Å². The van der Waals surface area contributed by atoms with Gasteiger partial charge in [0.05, 0.1) is 0 Å². The molecule has 0 radical (unpaired) electrons. The average Bonchev–Trinajstić information content (AvgIpc) is 2.84. The number of anilines is 4. The molecule has 2 fully saturated rings. The summed E-state index contributed by atoms with van der Waals surface area (Å²) in [5.74, 6) is 2.48.